The van der Waals surface area contributed by atoms with Gasteiger partial charge in [-0.3, -0.25) is 0 Å². The number of hydrogen-bond donors (Lipinski definition) is 0. The van der Waals surface area contributed by atoms with Crippen LogP contribution in [0.4, 0.5) is 0 Å². The zero-order valence-corrected chi connectivity index (χ0v) is 38.1. The Balaban J connectivity index is 0.897. The largest absolute Gasteiger partial charge is 0.309 e. The van der Waals surface area contributed by atoms with E-state index in [1.807, 2.05) is 0 Å². The summed E-state index contributed by atoms with van der Waals surface area (Å²) in [5, 5.41) is 13.2. The molecule has 0 atom stereocenters. The minimum absolute atomic E-state index is 0.120. The molecule has 0 bridgehead atoms. The number of rotatable bonds is 4. The Hall–Kier alpha value is -8.86. The van der Waals surface area contributed by atoms with E-state index in [4.69, 9.17) is 9.97 Å². The fourth-order valence-electron chi connectivity index (χ4n) is 12.0. The van der Waals surface area contributed by atoms with Crippen molar-refractivity contribution in [3.8, 4) is 45.1 Å². The Bertz CT molecular complexity index is 4530. The fraction of sp³-hybridized carbons (Fsp3) is 0.0462. The molecule has 0 saturated carbocycles. The summed E-state index contributed by atoms with van der Waals surface area (Å²) < 4.78 is 4.89. The lowest BCUT2D eigenvalue weighted by molar-refractivity contribution is 0.660. The van der Waals surface area contributed by atoms with E-state index in [-0.39, 0.29) is 5.41 Å². The van der Waals surface area contributed by atoms with Gasteiger partial charge in [0.25, 0.3) is 0 Å². The van der Waals surface area contributed by atoms with E-state index in [2.05, 4.69) is 241 Å². The molecule has 69 heavy (non-hydrogen) atoms. The summed E-state index contributed by atoms with van der Waals surface area (Å²) in [4.78, 5) is 10.8. The highest BCUT2D eigenvalue weighted by Gasteiger charge is 2.35. The Morgan fingerprint density at radius 1 is 0.348 bits per heavy atom. The van der Waals surface area contributed by atoms with Crippen LogP contribution in [0.5, 0.6) is 0 Å². The van der Waals surface area contributed by atoms with Crippen molar-refractivity contribution in [1.29, 1.82) is 0 Å². The molecular weight excluding hydrogens is 837 g/mol. The van der Waals surface area contributed by atoms with Gasteiger partial charge in [-0.25, -0.2) is 9.97 Å². The molecule has 0 spiro atoms. The minimum Gasteiger partial charge on any atom is -0.309 e. The lowest BCUT2D eigenvalue weighted by atomic mass is 9.82. The molecule has 1 aliphatic rings. The predicted molar refractivity (Wildman–Crippen MR) is 289 cm³/mol. The highest BCUT2D eigenvalue weighted by molar-refractivity contribution is 6.17. The lowest BCUT2D eigenvalue weighted by Crippen LogP contribution is -2.15. The van der Waals surface area contributed by atoms with Crippen LogP contribution in [-0.2, 0) is 5.41 Å². The van der Waals surface area contributed by atoms with Crippen LogP contribution in [0.25, 0.3) is 132 Å². The van der Waals surface area contributed by atoms with Crippen molar-refractivity contribution in [1.82, 2.24) is 19.1 Å². The number of fused-ring (bicyclic) bond motifs is 13. The first-order valence-electron chi connectivity index (χ1n) is 23.9. The van der Waals surface area contributed by atoms with Gasteiger partial charge in [-0.1, -0.05) is 159 Å². The van der Waals surface area contributed by atoms with E-state index >= 15 is 0 Å². The molecule has 0 radical (unpaired) electrons. The molecule has 3 aromatic heterocycles. The maximum Gasteiger partial charge on any atom is 0.161 e. The summed E-state index contributed by atoms with van der Waals surface area (Å²) in [5.74, 6) is 0.718. The molecule has 0 saturated heterocycles. The van der Waals surface area contributed by atoms with Crippen LogP contribution in [0.1, 0.15) is 25.0 Å². The Morgan fingerprint density at radius 2 is 0.928 bits per heavy atom. The van der Waals surface area contributed by atoms with E-state index in [1.165, 1.54) is 87.4 Å². The maximum absolute atomic E-state index is 5.49. The first-order valence-corrected chi connectivity index (χ1v) is 23.9. The van der Waals surface area contributed by atoms with Gasteiger partial charge in [-0.15, -0.1) is 0 Å². The zero-order valence-electron chi connectivity index (χ0n) is 38.1. The van der Waals surface area contributed by atoms with Crippen molar-refractivity contribution in [3.05, 3.63) is 230 Å². The monoisotopic (exact) mass is 878 g/mol. The number of nitrogens with zero attached hydrogens (tertiary/aromatic N) is 4. The molecule has 4 nitrogen and oxygen atoms in total. The molecule has 0 fully saturated rings. The van der Waals surface area contributed by atoms with Crippen LogP contribution < -0.4 is 0 Å². The van der Waals surface area contributed by atoms with Gasteiger partial charge in [-0.05, 0) is 122 Å². The second-order valence-corrected chi connectivity index (χ2v) is 19.3. The summed E-state index contributed by atoms with van der Waals surface area (Å²) in [6.45, 7) is 4.67. The number of hydrogen-bond acceptors (Lipinski definition) is 2. The molecule has 0 N–H and O–H groups in total. The van der Waals surface area contributed by atoms with Gasteiger partial charge in [0.2, 0.25) is 0 Å². The number of benzene rings is 11. The summed E-state index contributed by atoms with van der Waals surface area (Å²) in [5.41, 5.74) is 16.2. The van der Waals surface area contributed by atoms with Gasteiger partial charge in [-0.2, -0.15) is 0 Å². The highest BCUT2D eigenvalue weighted by Crippen LogP contribution is 2.50. The van der Waals surface area contributed by atoms with Crippen LogP contribution in [0.15, 0.2) is 218 Å². The van der Waals surface area contributed by atoms with E-state index in [1.54, 1.807) is 0 Å². The lowest BCUT2D eigenvalue weighted by Gasteiger charge is -2.22. The summed E-state index contributed by atoms with van der Waals surface area (Å²) >= 11 is 0. The minimum atomic E-state index is -0.120. The zero-order chi connectivity index (χ0) is 45.5. The Labute approximate surface area is 398 Å². The van der Waals surface area contributed by atoms with E-state index < -0.39 is 0 Å². The van der Waals surface area contributed by atoms with Gasteiger partial charge in [0.15, 0.2) is 5.82 Å². The van der Waals surface area contributed by atoms with Crippen molar-refractivity contribution >= 4 is 86.8 Å². The molecule has 3 heterocycles. The maximum atomic E-state index is 5.49. The summed E-state index contributed by atoms with van der Waals surface area (Å²) in [6, 6.07) is 80.1. The van der Waals surface area contributed by atoms with Crippen LogP contribution in [0.3, 0.4) is 0 Å². The van der Waals surface area contributed by atoms with E-state index in [0.717, 1.165) is 55.7 Å². The van der Waals surface area contributed by atoms with Crippen molar-refractivity contribution in [2.24, 2.45) is 0 Å². The second-order valence-electron chi connectivity index (χ2n) is 19.3. The predicted octanol–water partition coefficient (Wildman–Crippen LogP) is 16.9. The average Bonchev–Trinajstić information content (AvgIpc) is 3.98. The molecule has 0 unspecified atom stereocenters. The van der Waals surface area contributed by atoms with Gasteiger partial charge < -0.3 is 9.13 Å². The average molecular weight is 879 g/mol. The van der Waals surface area contributed by atoms with Crippen molar-refractivity contribution < 1.29 is 0 Å². The smallest absolute Gasteiger partial charge is 0.161 e. The molecular formula is C65H42N4. The highest BCUT2D eigenvalue weighted by atomic mass is 15.0. The van der Waals surface area contributed by atoms with Crippen molar-refractivity contribution in [2.75, 3.05) is 0 Å². The normalized spacial score (nSPS) is 13.2. The standard InChI is InChI=1S/C65H42N4/c1-65(2)55-23-11-7-18-46(55)47-30-28-42(36-56(47)65)63-52-22-8-12-24-57(52)66-64(67-63)51-31-32-60(48-19-6-5-17-45(48)51)69-59-26-14-10-21-50(59)54-35-43-33-44(29-27-41(43)38-62(54)69)68-58-25-13-9-20-49(58)53-34-39-15-3-4-16-40(39)37-61(53)68/h3-38H,1-2H3. The molecule has 11 aromatic carbocycles. The molecule has 0 aliphatic heterocycles. The molecule has 4 heteroatoms. The Morgan fingerprint density at radius 3 is 1.72 bits per heavy atom. The van der Waals surface area contributed by atoms with Gasteiger partial charge in [0, 0.05) is 54.5 Å². The Kier molecular flexibility index (Phi) is 7.81. The third-order valence-corrected chi connectivity index (χ3v) is 15.3. The molecule has 322 valence electrons. The number of para-hydroxylation sites is 3. The molecule has 15 rings (SSSR count). The van der Waals surface area contributed by atoms with E-state index in [9.17, 15) is 0 Å². The van der Waals surface area contributed by atoms with Crippen LogP contribution in [0.2, 0.25) is 0 Å². The van der Waals surface area contributed by atoms with Gasteiger partial charge in [0.05, 0.1) is 39.0 Å². The van der Waals surface area contributed by atoms with E-state index in [0.29, 0.717) is 0 Å². The van der Waals surface area contributed by atoms with Crippen LogP contribution >= 0.6 is 0 Å². The van der Waals surface area contributed by atoms with Crippen LogP contribution in [-0.4, -0.2) is 19.1 Å². The van der Waals surface area contributed by atoms with Crippen molar-refractivity contribution in [2.45, 2.75) is 19.3 Å². The van der Waals surface area contributed by atoms with Gasteiger partial charge in [0.1, 0.15) is 0 Å². The molecule has 14 aromatic rings. The summed E-state index contributed by atoms with van der Waals surface area (Å²) in [6.07, 6.45) is 0. The van der Waals surface area contributed by atoms with Crippen molar-refractivity contribution in [3.63, 3.8) is 0 Å². The first-order chi connectivity index (χ1) is 34.0. The van der Waals surface area contributed by atoms with Gasteiger partial charge >= 0.3 is 0 Å². The SMILES string of the molecule is CC1(C)c2ccccc2-c2ccc(-c3nc(-c4ccc(-n5c6ccccc6c6cc7cc(-n8c9ccccc9c9cc%10ccccc%10cc98)ccc7cc65)c5ccccc45)nc4ccccc34)cc21. The molecule has 0 amide bonds. The third-order valence-electron chi connectivity index (χ3n) is 15.3. The van der Waals surface area contributed by atoms with Crippen LogP contribution in [0, 0.1) is 0 Å². The third kappa shape index (κ3) is 5.46. The number of aromatic nitrogens is 4. The summed E-state index contributed by atoms with van der Waals surface area (Å²) in [7, 11) is 0. The molecule has 1 aliphatic carbocycles. The topological polar surface area (TPSA) is 35.6 Å². The first kappa shape index (κ1) is 38.3. The quantitative estimate of drug-likeness (QED) is 0.177. The fourth-order valence-corrected chi connectivity index (χ4v) is 12.0. The second kappa shape index (κ2) is 14.1.